The number of aromatic hydroxyl groups is 2. The molecule has 23 heavy (non-hydrogen) atoms. The summed E-state index contributed by atoms with van der Waals surface area (Å²) in [5.41, 5.74) is 2.21. The van der Waals surface area contributed by atoms with Crippen molar-refractivity contribution in [3.63, 3.8) is 0 Å². The average Bonchev–Trinajstić information content (AvgIpc) is 3.40. The fraction of sp³-hybridized carbons (Fsp3) is 0.368. The van der Waals surface area contributed by atoms with Gasteiger partial charge in [0.15, 0.2) is 0 Å². The molecule has 2 aromatic rings. The van der Waals surface area contributed by atoms with Crippen molar-refractivity contribution in [2.45, 2.75) is 31.8 Å². The molecule has 1 aliphatic rings. The number of epoxide rings is 1. The summed E-state index contributed by atoms with van der Waals surface area (Å²) in [6, 6.07) is 14.6. The summed E-state index contributed by atoms with van der Waals surface area (Å²) in [5, 5.41) is 18.7. The molecule has 1 fully saturated rings. The van der Waals surface area contributed by atoms with Crippen LogP contribution in [0.2, 0.25) is 0 Å². The number of rotatable bonds is 4. The van der Waals surface area contributed by atoms with Crippen LogP contribution in [0.15, 0.2) is 48.5 Å². The molecule has 2 N–H and O–H groups in total. The molecule has 0 amide bonds. The lowest BCUT2D eigenvalue weighted by molar-refractivity contribution is 0.425. The highest BCUT2D eigenvalue weighted by molar-refractivity contribution is 6.18. The molecule has 0 aromatic heterocycles. The molecule has 3 rings (SSSR count). The number of hydrogen-bond donors (Lipinski definition) is 2. The lowest BCUT2D eigenvalue weighted by atomic mass is 9.74. The quantitative estimate of drug-likeness (QED) is 0.642. The van der Waals surface area contributed by atoms with E-state index in [1.165, 1.54) is 0 Å². The summed E-state index contributed by atoms with van der Waals surface area (Å²) in [7, 11) is 0. The molecule has 1 aliphatic heterocycles. The summed E-state index contributed by atoms with van der Waals surface area (Å²) in [6.45, 7) is 5.19. The van der Waals surface area contributed by atoms with Gasteiger partial charge in [-0.15, -0.1) is 11.6 Å². The van der Waals surface area contributed by atoms with E-state index in [-0.39, 0.29) is 16.9 Å². The molecule has 1 saturated heterocycles. The van der Waals surface area contributed by atoms with E-state index in [0.29, 0.717) is 12.0 Å². The predicted octanol–water partition coefficient (Wildman–Crippen LogP) is 4.44. The van der Waals surface area contributed by atoms with E-state index in [1.807, 2.05) is 24.3 Å². The number of hydrogen-bond acceptors (Lipinski definition) is 3. The van der Waals surface area contributed by atoms with E-state index in [0.717, 1.165) is 24.2 Å². The van der Waals surface area contributed by atoms with E-state index >= 15 is 0 Å². The number of benzene rings is 2. The van der Waals surface area contributed by atoms with Gasteiger partial charge in [0, 0.05) is 5.41 Å². The van der Waals surface area contributed by atoms with Gasteiger partial charge in [0.05, 0.1) is 18.6 Å². The highest BCUT2D eigenvalue weighted by Crippen LogP contribution is 2.36. The second-order valence-corrected chi connectivity index (χ2v) is 6.20. The SMILES string of the molecule is CCC(C)(c1ccc(O)cc1)c1ccc(O)cc1.ClCC1CO1. The zero-order valence-electron chi connectivity index (χ0n) is 13.5. The maximum atomic E-state index is 9.37. The number of phenolic OH excluding ortho intramolecular Hbond substituents is 2. The van der Waals surface area contributed by atoms with Crippen molar-refractivity contribution in [1.82, 2.24) is 0 Å². The van der Waals surface area contributed by atoms with Crippen LogP contribution in [0.25, 0.3) is 0 Å². The molecule has 0 radical (unpaired) electrons. The summed E-state index contributed by atoms with van der Waals surface area (Å²) >= 11 is 5.27. The van der Waals surface area contributed by atoms with Gasteiger partial charge in [-0.05, 0) is 41.8 Å². The van der Waals surface area contributed by atoms with Crippen LogP contribution < -0.4 is 0 Å². The maximum Gasteiger partial charge on any atom is 0.115 e. The highest BCUT2D eigenvalue weighted by atomic mass is 35.5. The fourth-order valence-electron chi connectivity index (χ4n) is 2.39. The van der Waals surface area contributed by atoms with E-state index in [4.69, 9.17) is 16.3 Å². The summed E-state index contributed by atoms with van der Waals surface area (Å²) in [5.74, 6) is 1.23. The minimum absolute atomic E-state index is 0.110. The molecule has 1 heterocycles. The number of phenols is 2. The molecule has 124 valence electrons. The van der Waals surface area contributed by atoms with Crippen molar-refractivity contribution in [2.75, 3.05) is 12.5 Å². The predicted molar refractivity (Wildman–Crippen MR) is 93.4 cm³/mol. The fourth-order valence-corrected chi connectivity index (χ4v) is 2.57. The van der Waals surface area contributed by atoms with Crippen LogP contribution >= 0.6 is 11.6 Å². The lowest BCUT2D eigenvalue weighted by Crippen LogP contribution is -2.22. The van der Waals surface area contributed by atoms with Crippen LogP contribution in [0.5, 0.6) is 11.5 Å². The van der Waals surface area contributed by atoms with E-state index < -0.39 is 0 Å². The third-order valence-electron chi connectivity index (χ3n) is 4.29. The molecule has 0 bridgehead atoms. The third kappa shape index (κ3) is 4.63. The first kappa shape index (κ1) is 17.6. The molecule has 0 saturated carbocycles. The molecular weight excluding hydrogens is 312 g/mol. The average molecular weight is 335 g/mol. The smallest absolute Gasteiger partial charge is 0.115 e. The Morgan fingerprint density at radius 1 is 1.00 bits per heavy atom. The van der Waals surface area contributed by atoms with Crippen LogP contribution in [-0.2, 0) is 10.2 Å². The number of ether oxygens (including phenoxy) is 1. The Morgan fingerprint density at radius 2 is 1.39 bits per heavy atom. The molecule has 3 nitrogen and oxygen atoms in total. The van der Waals surface area contributed by atoms with Crippen molar-refractivity contribution >= 4 is 11.6 Å². The van der Waals surface area contributed by atoms with Gasteiger partial charge in [-0.3, -0.25) is 0 Å². The first-order chi connectivity index (χ1) is 11.0. The van der Waals surface area contributed by atoms with Gasteiger partial charge < -0.3 is 14.9 Å². The molecular formula is C19H23ClO3. The van der Waals surface area contributed by atoms with Crippen molar-refractivity contribution in [3.8, 4) is 11.5 Å². The molecule has 0 aliphatic carbocycles. The molecule has 1 unspecified atom stereocenters. The molecule has 1 atom stereocenters. The normalized spacial score (nSPS) is 16.4. The van der Waals surface area contributed by atoms with Gasteiger partial charge in [0.25, 0.3) is 0 Å². The van der Waals surface area contributed by atoms with Gasteiger partial charge in [0.2, 0.25) is 0 Å². The molecule has 2 aromatic carbocycles. The largest absolute Gasteiger partial charge is 0.508 e. The zero-order valence-corrected chi connectivity index (χ0v) is 14.3. The van der Waals surface area contributed by atoms with Crippen LogP contribution in [-0.4, -0.2) is 28.8 Å². The van der Waals surface area contributed by atoms with Gasteiger partial charge in [-0.2, -0.15) is 0 Å². The van der Waals surface area contributed by atoms with Crippen molar-refractivity contribution < 1.29 is 14.9 Å². The van der Waals surface area contributed by atoms with Gasteiger partial charge in [-0.25, -0.2) is 0 Å². The first-order valence-electron chi connectivity index (χ1n) is 7.76. The maximum absolute atomic E-state index is 9.37. The van der Waals surface area contributed by atoms with E-state index in [2.05, 4.69) is 13.8 Å². The monoisotopic (exact) mass is 334 g/mol. The van der Waals surface area contributed by atoms with E-state index in [1.54, 1.807) is 24.3 Å². The number of halogens is 1. The summed E-state index contributed by atoms with van der Waals surface area (Å²) in [6.07, 6.45) is 1.35. The van der Waals surface area contributed by atoms with Crippen molar-refractivity contribution in [3.05, 3.63) is 59.7 Å². The standard InChI is InChI=1S/C16H18O2.C3H5ClO/c1-3-16(2,12-4-8-14(17)9-5-12)13-6-10-15(18)11-7-13;4-1-3-2-5-3/h4-11,17-18H,3H2,1-2H3;3H,1-2H2. The van der Waals surface area contributed by atoms with Gasteiger partial charge >= 0.3 is 0 Å². The van der Waals surface area contributed by atoms with E-state index in [9.17, 15) is 10.2 Å². The van der Waals surface area contributed by atoms with Crippen LogP contribution in [0.3, 0.4) is 0 Å². The summed E-state index contributed by atoms with van der Waals surface area (Å²) < 4.78 is 4.73. The molecule has 0 spiro atoms. The minimum Gasteiger partial charge on any atom is -0.508 e. The van der Waals surface area contributed by atoms with Crippen LogP contribution in [0.4, 0.5) is 0 Å². The molecule has 4 heteroatoms. The Morgan fingerprint density at radius 3 is 1.61 bits per heavy atom. The second kappa shape index (κ2) is 7.71. The first-order valence-corrected chi connectivity index (χ1v) is 8.29. The highest BCUT2D eigenvalue weighted by Gasteiger charge is 2.26. The minimum atomic E-state index is -0.110. The Labute approximate surface area is 142 Å². The zero-order chi connectivity index (χ0) is 16.9. The Bertz CT molecular complexity index is 558. The Balaban J connectivity index is 0.000000326. The Kier molecular flexibility index (Phi) is 5.91. The number of alkyl halides is 1. The van der Waals surface area contributed by atoms with Crippen LogP contribution in [0, 0.1) is 0 Å². The van der Waals surface area contributed by atoms with Gasteiger partial charge in [-0.1, -0.05) is 38.1 Å². The lowest BCUT2D eigenvalue weighted by Gasteiger charge is -2.29. The van der Waals surface area contributed by atoms with Gasteiger partial charge in [0.1, 0.15) is 11.5 Å². The second-order valence-electron chi connectivity index (χ2n) is 5.89. The Hall–Kier alpha value is -1.71. The third-order valence-corrected chi connectivity index (χ3v) is 4.63. The summed E-state index contributed by atoms with van der Waals surface area (Å²) in [4.78, 5) is 0. The van der Waals surface area contributed by atoms with Crippen LogP contribution in [0.1, 0.15) is 31.4 Å². The van der Waals surface area contributed by atoms with Crippen molar-refractivity contribution in [2.24, 2.45) is 0 Å². The topological polar surface area (TPSA) is 53.0 Å². The van der Waals surface area contributed by atoms with Crippen molar-refractivity contribution in [1.29, 1.82) is 0 Å².